The van der Waals surface area contributed by atoms with Crippen molar-refractivity contribution in [2.75, 3.05) is 5.32 Å². The van der Waals surface area contributed by atoms with Crippen molar-refractivity contribution < 1.29 is 26.4 Å². The molecule has 2 aliphatic carbocycles. The van der Waals surface area contributed by atoms with Gasteiger partial charge in [-0.25, -0.2) is 26.3 Å². The van der Waals surface area contributed by atoms with Crippen LogP contribution in [0.5, 0.6) is 0 Å². The maximum Gasteiger partial charge on any atom is 0.263 e. The molecule has 2 fully saturated rings. The first kappa shape index (κ1) is 16.3. The predicted molar refractivity (Wildman–Crippen MR) is 76.0 cm³/mol. The standard InChI is InChI=1S/C14H15F3N2O3S/c1-7-12(14(7,16)17)13(20)18-9-4-5-10(15)11(6-9)23(21,22)19-8-2-3-8/h4-8,12,19H,2-3H2,1H3,(H,18,20)/t7-,12+/m1/s1. The molecule has 0 heterocycles. The first-order chi connectivity index (χ1) is 10.6. The minimum atomic E-state index is -4.05. The van der Waals surface area contributed by atoms with E-state index in [0.717, 1.165) is 18.2 Å². The third-order valence-corrected chi connectivity index (χ3v) is 5.62. The number of carbonyl (C=O) groups excluding carboxylic acids is 1. The van der Waals surface area contributed by atoms with Crippen molar-refractivity contribution in [3.63, 3.8) is 0 Å². The van der Waals surface area contributed by atoms with Gasteiger partial charge in [-0.2, -0.15) is 0 Å². The van der Waals surface area contributed by atoms with Crippen LogP contribution >= 0.6 is 0 Å². The summed E-state index contributed by atoms with van der Waals surface area (Å²) in [5.74, 6) is -7.46. The Morgan fingerprint density at radius 2 is 1.91 bits per heavy atom. The Bertz CT molecular complexity index is 763. The van der Waals surface area contributed by atoms with Gasteiger partial charge in [0.05, 0.1) is 0 Å². The molecule has 2 aliphatic rings. The number of hydrogen-bond donors (Lipinski definition) is 2. The number of halogens is 3. The number of rotatable bonds is 5. The largest absolute Gasteiger partial charge is 0.326 e. The number of hydrogen-bond acceptors (Lipinski definition) is 3. The predicted octanol–water partition coefficient (Wildman–Crippen LogP) is 2.11. The molecule has 3 rings (SSSR count). The van der Waals surface area contributed by atoms with Crippen molar-refractivity contribution in [1.82, 2.24) is 4.72 Å². The third kappa shape index (κ3) is 3.07. The van der Waals surface area contributed by atoms with E-state index in [1.54, 1.807) is 0 Å². The quantitative estimate of drug-likeness (QED) is 0.856. The van der Waals surface area contributed by atoms with Gasteiger partial charge in [0.15, 0.2) is 0 Å². The molecule has 0 unspecified atom stereocenters. The molecule has 9 heteroatoms. The second-order valence-corrected chi connectivity index (χ2v) is 7.65. The summed E-state index contributed by atoms with van der Waals surface area (Å²) >= 11 is 0. The Balaban J connectivity index is 1.79. The normalized spacial score (nSPS) is 25.9. The lowest BCUT2D eigenvalue weighted by Crippen LogP contribution is -2.27. The van der Waals surface area contributed by atoms with E-state index in [1.807, 2.05) is 0 Å². The van der Waals surface area contributed by atoms with Gasteiger partial charge in [0.25, 0.3) is 5.92 Å². The fraction of sp³-hybridized carbons (Fsp3) is 0.500. The van der Waals surface area contributed by atoms with Crippen LogP contribution in [0.3, 0.4) is 0 Å². The summed E-state index contributed by atoms with van der Waals surface area (Å²) in [6.07, 6.45) is 1.37. The lowest BCUT2D eigenvalue weighted by molar-refractivity contribution is -0.119. The Kier molecular flexibility index (Phi) is 3.68. The SMILES string of the molecule is C[C@@H]1[C@@H](C(=O)Nc2ccc(F)c(S(=O)(=O)NC3CC3)c2)C1(F)F. The summed E-state index contributed by atoms with van der Waals surface area (Å²) in [6.45, 7) is 1.25. The van der Waals surface area contributed by atoms with Gasteiger partial charge in [-0.1, -0.05) is 6.92 Å². The molecular formula is C14H15F3N2O3S. The van der Waals surface area contributed by atoms with E-state index in [-0.39, 0.29) is 11.7 Å². The highest BCUT2D eigenvalue weighted by Gasteiger charge is 2.69. The highest BCUT2D eigenvalue weighted by atomic mass is 32.2. The highest BCUT2D eigenvalue weighted by Crippen LogP contribution is 2.55. The summed E-state index contributed by atoms with van der Waals surface area (Å²) in [4.78, 5) is 11.2. The van der Waals surface area contributed by atoms with Gasteiger partial charge in [-0.15, -0.1) is 0 Å². The zero-order valence-electron chi connectivity index (χ0n) is 12.1. The smallest absolute Gasteiger partial charge is 0.263 e. The Morgan fingerprint density at radius 1 is 1.30 bits per heavy atom. The molecule has 2 N–H and O–H groups in total. The van der Waals surface area contributed by atoms with Gasteiger partial charge in [-0.3, -0.25) is 4.79 Å². The van der Waals surface area contributed by atoms with Crippen LogP contribution in [-0.2, 0) is 14.8 Å². The molecule has 2 atom stereocenters. The van der Waals surface area contributed by atoms with Crippen LogP contribution in [0, 0.1) is 17.7 Å². The summed E-state index contributed by atoms with van der Waals surface area (Å²) in [6, 6.07) is 2.74. The first-order valence-corrected chi connectivity index (χ1v) is 8.62. The maximum atomic E-state index is 13.8. The molecule has 0 saturated heterocycles. The van der Waals surface area contributed by atoms with Gasteiger partial charge >= 0.3 is 0 Å². The minimum Gasteiger partial charge on any atom is -0.326 e. The average Bonchev–Trinajstić information content (AvgIpc) is 3.32. The van der Waals surface area contributed by atoms with E-state index in [9.17, 15) is 26.4 Å². The summed E-state index contributed by atoms with van der Waals surface area (Å²) < 4.78 is 66.6. The zero-order chi connectivity index (χ0) is 17.0. The summed E-state index contributed by atoms with van der Waals surface area (Å²) in [5, 5.41) is 2.22. The van der Waals surface area contributed by atoms with Crippen LogP contribution in [0.25, 0.3) is 0 Å². The van der Waals surface area contributed by atoms with Crippen molar-refractivity contribution in [2.45, 2.75) is 36.6 Å². The van der Waals surface area contributed by atoms with E-state index in [4.69, 9.17) is 0 Å². The highest BCUT2D eigenvalue weighted by molar-refractivity contribution is 7.89. The molecule has 0 aromatic heterocycles. The number of carbonyl (C=O) groups is 1. The van der Waals surface area contributed by atoms with Gasteiger partial charge in [0, 0.05) is 17.6 Å². The number of alkyl halides is 2. The van der Waals surface area contributed by atoms with Crippen molar-refractivity contribution >= 4 is 21.6 Å². The van der Waals surface area contributed by atoms with E-state index >= 15 is 0 Å². The number of anilines is 1. The van der Waals surface area contributed by atoms with E-state index in [2.05, 4.69) is 10.0 Å². The van der Waals surface area contributed by atoms with Crippen molar-refractivity contribution in [1.29, 1.82) is 0 Å². The molecule has 1 aromatic rings. The third-order valence-electron chi connectivity index (χ3n) is 4.08. The first-order valence-electron chi connectivity index (χ1n) is 7.13. The molecule has 2 saturated carbocycles. The van der Waals surface area contributed by atoms with Crippen molar-refractivity contribution in [3.05, 3.63) is 24.0 Å². The van der Waals surface area contributed by atoms with E-state index in [1.165, 1.54) is 6.92 Å². The molecule has 0 spiro atoms. The molecule has 0 aliphatic heterocycles. The van der Waals surface area contributed by atoms with Crippen LogP contribution in [0.1, 0.15) is 19.8 Å². The summed E-state index contributed by atoms with van der Waals surface area (Å²) in [5.41, 5.74) is -0.0394. The van der Waals surface area contributed by atoms with Crippen LogP contribution in [0.4, 0.5) is 18.9 Å². The summed E-state index contributed by atoms with van der Waals surface area (Å²) in [7, 11) is -4.05. The van der Waals surface area contributed by atoms with E-state index in [0.29, 0.717) is 12.8 Å². The fourth-order valence-corrected chi connectivity index (χ4v) is 3.78. The fourth-order valence-electron chi connectivity index (χ4n) is 2.37. The Labute approximate surface area is 131 Å². The zero-order valence-corrected chi connectivity index (χ0v) is 13.0. The van der Waals surface area contributed by atoms with Crippen LogP contribution < -0.4 is 10.0 Å². The van der Waals surface area contributed by atoms with Gasteiger partial charge in [0.1, 0.15) is 16.6 Å². The molecule has 1 aromatic carbocycles. The molecule has 0 bridgehead atoms. The number of nitrogens with one attached hydrogen (secondary N) is 2. The van der Waals surface area contributed by atoms with Crippen LogP contribution in [0.2, 0.25) is 0 Å². The minimum absolute atomic E-state index is 0.0394. The van der Waals surface area contributed by atoms with E-state index < -0.39 is 44.4 Å². The Morgan fingerprint density at radius 3 is 2.43 bits per heavy atom. The monoisotopic (exact) mass is 348 g/mol. The molecular weight excluding hydrogens is 333 g/mol. The number of benzene rings is 1. The van der Waals surface area contributed by atoms with Gasteiger partial charge < -0.3 is 5.32 Å². The molecule has 1 amide bonds. The molecule has 23 heavy (non-hydrogen) atoms. The molecule has 5 nitrogen and oxygen atoms in total. The van der Waals surface area contributed by atoms with Gasteiger partial charge in [0.2, 0.25) is 15.9 Å². The van der Waals surface area contributed by atoms with Crippen LogP contribution in [0.15, 0.2) is 23.1 Å². The second kappa shape index (κ2) is 5.20. The van der Waals surface area contributed by atoms with Crippen molar-refractivity contribution in [2.24, 2.45) is 11.8 Å². The van der Waals surface area contributed by atoms with Crippen LogP contribution in [-0.4, -0.2) is 26.3 Å². The topological polar surface area (TPSA) is 75.3 Å². The molecule has 0 radical (unpaired) electrons. The maximum absolute atomic E-state index is 13.8. The average molecular weight is 348 g/mol. The number of amides is 1. The lowest BCUT2D eigenvalue weighted by Gasteiger charge is -2.10. The Hall–Kier alpha value is -1.61. The van der Waals surface area contributed by atoms with Crippen molar-refractivity contribution in [3.8, 4) is 0 Å². The van der Waals surface area contributed by atoms with Gasteiger partial charge in [-0.05, 0) is 31.0 Å². The lowest BCUT2D eigenvalue weighted by atomic mass is 10.2. The molecule has 126 valence electrons. The second-order valence-electron chi connectivity index (χ2n) is 5.97. The number of sulfonamides is 1.